The summed E-state index contributed by atoms with van der Waals surface area (Å²) in [4.78, 5) is 13.6. The van der Waals surface area contributed by atoms with Gasteiger partial charge in [0.1, 0.15) is 17.9 Å². The number of anilines is 1. The average Bonchev–Trinajstić information content (AvgIpc) is 3.17. The summed E-state index contributed by atoms with van der Waals surface area (Å²) in [6, 6.07) is 9.88. The molecule has 4 rings (SSSR count). The van der Waals surface area contributed by atoms with Crippen molar-refractivity contribution in [2.45, 2.75) is 39.3 Å². The monoisotopic (exact) mass is 468 g/mol. The lowest BCUT2D eigenvalue weighted by molar-refractivity contribution is 0.124. The smallest absolute Gasteiger partial charge is 0.209 e. The summed E-state index contributed by atoms with van der Waals surface area (Å²) in [5, 5.41) is 6.10. The Balaban J connectivity index is 1.85. The summed E-state index contributed by atoms with van der Waals surface area (Å²) in [7, 11) is -3.51. The zero-order valence-corrected chi connectivity index (χ0v) is 19.5. The van der Waals surface area contributed by atoms with E-state index in [-0.39, 0.29) is 11.8 Å². The summed E-state index contributed by atoms with van der Waals surface area (Å²) >= 11 is 0. The number of imidazole rings is 1. The third-order valence-electron chi connectivity index (χ3n) is 5.64. The molecule has 1 aromatic carbocycles. The molecule has 0 spiro atoms. The largest absolute Gasteiger partial charge is 0.382 e. The third-order valence-corrected chi connectivity index (χ3v) is 6.50. The molecule has 10 heteroatoms. The van der Waals surface area contributed by atoms with Crippen molar-refractivity contribution in [2.75, 3.05) is 18.1 Å². The minimum absolute atomic E-state index is 0.0461. The van der Waals surface area contributed by atoms with Crippen LogP contribution >= 0.6 is 0 Å². The van der Waals surface area contributed by atoms with E-state index in [2.05, 4.69) is 14.5 Å². The summed E-state index contributed by atoms with van der Waals surface area (Å²) < 4.78 is 30.6. The number of rotatable bonds is 9. The van der Waals surface area contributed by atoms with Gasteiger partial charge < -0.3 is 15.0 Å². The van der Waals surface area contributed by atoms with Gasteiger partial charge in [-0.1, -0.05) is 18.2 Å². The first-order valence-corrected chi connectivity index (χ1v) is 12.6. The van der Waals surface area contributed by atoms with E-state index in [0.29, 0.717) is 37.4 Å². The Bertz CT molecular complexity index is 1390. The number of benzene rings is 1. The van der Waals surface area contributed by atoms with Crippen LogP contribution in [0, 0.1) is 0 Å². The molecule has 0 aliphatic heterocycles. The van der Waals surface area contributed by atoms with Gasteiger partial charge in [0, 0.05) is 36.0 Å². The number of hydrogen-bond acceptors (Lipinski definition) is 7. The Morgan fingerprint density at radius 2 is 2.00 bits per heavy atom. The highest BCUT2D eigenvalue weighted by Gasteiger charge is 2.21. The summed E-state index contributed by atoms with van der Waals surface area (Å²) in [5.41, 5.74) is 10.6. The Kier molecular flexibility index (Phi) is 6.59. The molecule has 0 radical (unpaired) electrons. The summed E-state index contributed by atoms with van der Waals surface area (Å²) in [6.45, 7) is 4.82. The lowest BCUT2D eigenvalue weighted by Crippen LogP contribution is -2.18. The second-order valence-corrected chi connectivity index (χ2v) is 9.80. The molecule has 4 N–H and O–H groups in total. The highest BCUT2D eigenvalue weighted by molar-refractivity contribution is 7.89. The van der Waals surface area contributed by atoms with Crippen molar-refractivity contribution in [2.24, 2.45) is 5.14 Å². The first-order chi connectivity index (χ1) is 15.8. The van der Waals surface area contributed by atoms with Crippen molar-refractivity contribution in [1.29, 1.82) is 0 Å². The van der Waals surface area contributed by atoms with Gasteiger partial charge in [-0.3, -0.25) is 4.98 Å². The molecule has 0 bridgehead atoms. The lowest BCUT2D eigenvalue weighted by atomic mass is 10.0. The number of pyridine rings is 2. The Labute approximate surface area is 192 Å². The normalized spacial score (nSPS) is 13.1. The maximum Gasteiger partial charge on any atom is 0.209 e. The number of nitrogens with two attached hydrogens (primary N) is 2. The Hall–Kier alpha value is -3.08. The van der Waals surface area contributed by atoms with E-state index in [9.17, 15) is 8.42 Å². The van der Waals surface area contributed by atoms with Gasteiger partial charge in [-0.15, -0.1) is 0 Å². The number of hydrogen-bond donors (Lipinski definition) is 2. The fraction of sp³-hybridized carbons (Fsp3) is 0.348. The molecule has 1 unspecified atom stereocenters. The molecule has 0 saturated carbocycles. The first-order valence-electron chi connectivity index (χ1n) is 10.9. The highest BCUT2D eigenvalue weighted by atomic mass is 32.2. The van der Waals surface area contributed by atoms with E-state index in [0.717, 1.165) is 33.4 Å². The first kappa shape index (κ1) is 23.1. The van der Waals surface area contributed by atoms with Gasteiger partial charge >= 0.3 is 0 Å². The molecule has 1 atom stereocenters. The van der Waals surface area contributed by atoms with Crippen LogP contribution in [0.5, 0.6) is 0 Å². The molecule has 3 heterocycles. The zero-order valence-electron chi connectivity index (χ0n) is 18.7. The van der Waals surface area contributed by atoms with E-state index in [4.69, 9.17) is 20.6 Å². The fourth-order valence-corrected chi connectivity index (χ4v) is 4.68. The van der Waals surface area contributed by atoms with Crippen LogP contribution in [0.15, 0.2) is 42.7 Å². The van der Waals surface area contributed by atoms with Gasteiger partial charge in [0.15, 0.2) is 5.82 Å². The van der Waals surface area contributed by atoms with Crippen LogP contribution in [-0.4, -0.2) is 40.3 Å². The molecule has 33 heavy (non-hydrogen) atoms. The van der Waals surface area contributed by atoms with E-state index in [1.54, 1.807) is 12.4 Å². The summed E-state index contributed by atoms with van der Waals surface area (Å²) in [5.74, 6) is 1.00. The molecule has 0 aliphatic carbocycles. The van der Waals surface area contributed by atoms with Gasteiger partial charge in [0.2, 0.25) is 10.0 Å². The number of aromatic nitrogens is 4. The minimum Gasteiger partial charge on any atom is -0.382 e. The quantitative estimate of drug-likeness (QED) is 0.384. The van der Waals surface area contributed by atoms with Crippen molar-refractivity contribution in [3.05, 3.63) is 48.5 Å². The van der Waals surface area contributed by atoms with Crippen molar-refractivity contribution >= 4 is 37.8 Å². The van der Waals surface area contributed by atoms with Crippen molar-refractivity contribution < 1.29 is 13.2 Å². The molecule has 4 aromatic rings. The molecular formula is C23H28N6O3S. The van der Waals surface area contributed by atoms with Crippen LogP contribution in [-0.2, 0) is 21.4 Å². The van der Waals surface area contributed by atoms with Crippen LogP contribution in [0.3, 0.4) is 0 Å². The van der Waals surface area contributed by atoms with Crippen molar-refractivity contribution in [1.82, 2.24) is 19.5 Å². The van der Waals surface area contributed by atoms with Crippen LogP contribution in [0.4, 0.5) is 5.82 Å². The molecule has 174 valence electrons. The molecule has 0 amide bonds. The zero-order chi connectivity index (χ0) is 23.6. The molecular weight excluding hydrogens is 440 g/mol. The fourth-order valence-electron chi connectivity index (χ4n) is 4.11. The highest BCUT2D eigenvalue weighted by Crippen LogP contribution is 2.34. The van der Waals surface area contributed by atoms with Gasteiger partial charge in [0.05, 0.1) is 16.8 Å². The van der Waals surface area contributed by atoms with Crippen LogP contribution in [0.25, 0.3) is 33.1 Å². The number of ether oxygens (including phenoxy) is 1. The average molecular weight is 469 g/mol. The maximum atomic E-state index is 11.4. The second kappa shape index (κ2) is 9.42. The second-order valence-electron chi connectivity index (χ2n) is 8.06. The Morgan fingerprint density at radius 1 is 1.18 bits per heavy atom. The maximum absolute atomic E-state index is 11.4. The number of primary sulfonamides is 1. The van der Waals surface area contributed by atoms with Gasteiger partial charge in [-0.05, 0) is 44.4 Å². The van der Waals surface area contributed by atoms with Gasteiger partial charge in [0.25, 0.3) is 0 Å². The predicted molar refractivity (Wildman–Crippen MR) is 130 cm³/mol. The minimum atomic E-state index is -3.51. The Morgan fingerprint density at radius 3 is 2.70 bits per heavy atom. The molecule has 0 aliphatic rings. The summed E-state index contributed by atoms with van der Waals surface area (Å²) in [6.07, 6.45) is 4.59. The van der Waals surface area contributed by atoms with Crippen LogP contribution in [0.1, 0.15) is 38.6 Å². The predicted octanol–water partition coefficient (Wildman–Crippen LogP) is 3.39. The molecule has 3 aromatic heterocycles. The van der Waals surface area contributed by atoms with Crippen molar-refractivity contribution in [3.63, 3.8) is 0 Å². The van der Waals surface area contributed by atoms with Gasteiger partial charge in [-0.25, -0.2) is 23.5 Å². The van der Waals surface area contributed by atoms with E-state index in [1.807, 2.05) is 44.2 Å². The van der Waals surface area contributed by atoms with E-state index < -0.39 is 10.0 Å². The van der Waals surface area contributed by atoms with Crippen LogP contribution < -0.4 is 10.9 Å². The van der Waals surface area contributed by atoms with Crippen LogP contribution in [0.2, 0.25) is 0 Å². The standard InChI is InChI=1S/C23H28N6O3S/c1-3-32-14-20-28-21-22(29(20)15(2)6-5-11-33(25,30)31)18-9-8-16(12-19(18)27-23(21)24)17-7-4-10-26-13-17/h4,7-10,12-13,15H,3,5-6,11,14H2,1-2H3,(H2,24,27)(H2,25,30,31). The number of fused-ring (bicyclic) bond motifs is 3. The lowest BCUT2D eigenvalue weighted by Gasteiger charge is -2.18. The van der Waals surface area contributed by atoms with E-state index >= 15 is 0 Å². The number of sulfonamides is 1. The molecule has 0 fully saturated rings. The topological polar surface area (TPSA) is 139 Å². The molecule has 0 saturated heterocycles. The SMILES string of the molecule is CCOCc1nc2c(N)nc3cc(-c4cccnc4)ccc3c2n1C(C)CCCS(N)(=O)=O. The molecule has 9 nitrogen and oxygen atoms in total. The van der Waals surface area contributed by atoms with Gasteiger partial charge in [-0.2, -0.15) is 0 Å². The van der Waals surface area contributed by atoms with E-state index in [1.165, 1.54) is 0 Å². The number of nitrogen functional groups attached to an aromatic ring is 1. The third kappa shape index (κ3) is 4.97. The number of nitrogens with zero attached hydrogens (tertiary/aromatic N) is 4. The van der Waals surface area contributed by atoms with Crippen molar-refractivity contribution in [3.8, 4) is 11.1 Å².